The van der Waals surface area contributed by atoms with Gasteiger partial charge in [-0.05, 0) is 35.7 Å². The summed E-state index contributed by atoms with van der Waals surface area (Å²) in [5, 5.41) is 9.22. The van der Waals surface area contributed by atoms with E-state index in [1.54, 1.807) is 0 Å². The summed E-state index contributed by atoms with van der Waals surface area (Å²) in [5.74, 6) is 1.36. The van der Waals surface area contributed by atoms with Gasteiger partial charge in [-0.15, -0.1) is 0 Å². The highest BCUT2D eigenvalue weighted by atomic mass is 16.5. The van der Waals surface area contributed by atoms with Gasteiger partial charge < -0.3 is 14.7 Å². The van der Waals surface area contributed by atoms with Gasteiger partial charge in [-0.25, -0.2) is 4.98 Å². The molecule has 0 aliphatic heterocycles. The first-order chi connectivity index (χ1) is 12.3. The Bertz CT molecular complexity index is 789. The molecule has 0 radical (unpaired) electrons. The minimum absolute atomic E-state index is 0.151. The van der Waals surface area contributed by atoms with Crippen LogP contribution in [0.2, 0.25) is 0 Å². The van der Waals surface area contributed by atoms with Crippen molar-refractivity contribution >= 4 is 5.69 Å². The monoisotopic (exact) mass is 334 g/mol. The van der Waals surface area contributed by atoms with Gasteiger partial charge in [0, 0.05) is 38.1 Å². The number of benzene rings is 2. The Morgan fingerprint density at radius 3 is 2.44 bits per heavy atom. The topological polar surface area (TPSA) is 45.6 Å². The Kier molecular flexibility index (Phi) is 5.65. The van der Waals surface area contributed by atoms with Crippen LogP contribution >= 0.6 is 0 Å². The van der Waals surface area contributed by atoms with E-state index in [1.807, 2.05) is 67.8 Å². The Labute approximate surface area is 148 Å². The van der Waals surface area contributed by atoms with Crippen LogP contribution in [-0.2, 0) is 13.0 Å². The zero-order valence-electron chi connectivity index (χ0n) is 14.3. The molecular formula is C21H22N2O2. The SMILES string of the molecule is CN(Cc1ccc(Oc2ccccc2)nc1)c1ccccc1CCO. The van der Waals surface area contributed by atoms with Gasteiger partial charge in [0.2, 0.25) is 5.88 Å². The molecule has 0 fully saturated rings. The number of pyridine rings is 1. The number of anilines is 1. The number of hydrogen-bond donors (Lipinski definition) is 1. The van der Waals surface area contributed by atoms with Crippen molar-refractivity contribution in [1.29, 1.82) is 0 Å². The first-order valence-electron chi connectivity index (χ1n) is 8.34. The van der Waals surface area contributed by atoms with Gasteiger partial charge >= 0.3 is 0 Å². The third kappa shape index (κ3) is 4.58. The third-order valence-corrected chi connectivity index (χ3v) is 3.97. The van der Waals surface area contributed by atoms with Crippen molar-refractivity contribution in [3.8, 4) is 11.6 Å². The van der Waals surface area contributed by atoms with Crippen molar-refractivity contribution in [3.63, 3.8) is 0 Å². The Balaban J connectivity index is 1.67. The number of aromatic nitrogens is 1. The van der Waals surface area contributed by atoms with Gasteiger partial charge in [0.15, 0.2) is 0 Å². The van der Waals surface area contributed by atoms with Crippen LogP contribution < -0.4 is 9.64 Å². The first-order valence-corrected chi connectivity index (χ1v) is 8.34. The Morgan fingerprint density at radius 1 is 0.960 bits per heavy atom. The van der Waals surface area contributed by atoms with Gasteiger partial charge in [-0.2, -0.15) is 0 Å². The molecule has 4 nitrogen and oxygen atoms in total. The molecule has 0 unspecified atom stereocenters. The molecule has 1 heterocycles. The highest BCUT2D eigenvalue weighted by Crippen LogP contribution is 2.23. The molecule has 3 rings (SSSR count). The van der Waals surface area contributed by atoms with E-state index in [1.165, 1.54) is 0 Å². The van der Waals surface area contributed by atoms with Crippen LogP contribution in [0.25, 0.3) is 0 Å². The largest absolute Gasteiger partial charge is 0.439 e. The average Bonchev–Trinajstić information content (AvgIpc) is 2.65. The summed E-state index contributed by atoms with van der Waals surface area (Å²) in [4.78, 5) is 6.56. The van der Waals surface area contributed by atoms with Gasteiger partial charge in [-0.3, -0.25) is 0 Å². The van der Waals surface area contributed by atoms with E-state index < -0.39 is 0 Å². The maximum atomic E-state index is 9.22. The van der Waals surface area contributed by atoms with E-state index in [9.17, 15) is 5.11 Å². The zero-order chi connectivity index (χ0) is 17.5. The fourth-order valence-electron chi connectivity index (χ4n) is 2.75. The molecule has 2 aromatic carbocycles. The highest BCUT2D eigenvalue weighted by molar-refractivity contribution is 5.53. The number of aliphatic hydroxyl groups is 1. The normalized spacial score (nSPS) is 10.5. The molecule has 0 amide bonds. The smallest absolute Gasteiger partial charge is 0.219 e. The lowest BCUT2D eigenvalue weighted by Crippen LogP contribution is -2.18. The van der Waals surface area contributed by atoms with Gasteiger partial charge in [0.1, 0.15) is 5.75 Å². The quantitative estimate of drug-likeness (QED) is 0.708. The minimum Gasteiger partial charge on any atom is -0.439 e. The number of aliphatic hydroxyl groups excluding tert-OH is 1. The van der Waals surface area contributed by atoms with Crippen LogP contribution in [-0.4, -0.2) is 23.7 Å². The number of ether oxygens (including phenoxy) is 1. The first kappa shape index (κ1) is 17.0. The number of hydrogen-bond acceptors (Lipinski definition) is 4. The molecule has 25 heavy (non-hydrogen) atoms. The predicted molar refractivity (Wildman–Crippen MR) is 100 cm³/mol. The van der Waals surface area contributed by atoms with Crippen LogP contribution in [0.15, 0.2) is 72.9 Å². The van der Waals surface area contributed by atoms with Crippen molar-refractivity contribution in [2.24, 2.45) is 0 Å². The van der Waals surface area contributed by atoms with Gasteiger partial charge in [0.05, 0.1) is 0 Å². The number of para-hydroxylation sites is 2. The fourth-order valence-corrected chi connectivity index (χ4v) is 2.75. The van der Waals surface area contributed by atoms with Crippen LogP contribution in [0.1, 0.15) is 11.1 Å². The molecule has 1 N–H and O–H groups in total. The van der Waals surface area contributed by atoms with Crippen molar-refractivity contribution in [3.05, 3.63) is 84.1 Å². The second-order valence-electron chi connectivity index (χ2n) is 5.88. The van der Waals surface area contributed by atoms with Crippen LogP contribution in [0, 0.1) is 0 Å². The fraction of sp³-hybridized carbons (Fsp3) is 0.190. The van der Waals surface area contributed by atoms with Gasteiger partial charge in [0.25, 0.3) is 0 Å². The molecule has 4 heteroatoms. The molecule has 3 aromatic rings. The Hall–Kier alpha value is -2.85. The molecule has 0 spiro atoms. The van der Waals surface area contributed by atoms with Crippen molar-refractivity contribution in [2.75, 3.05) is 18.6 Å². The lowest BCUT2D eigenvalue weighted by Gasteiger charge is -2.22. The lowest BCUT2D eigenvalue weighted by atomic mass is 10.1. The maximum Gasteiger partial charge on any atom is 0.219 e. The minimum atomic E-state index is 0.151. The number of rotatable bonds is 7. The zero-order valence-corrected chi connectivity index (χ0v) is 14.3. The predicted octanol–water partition coefficient (Wildman–Crippen LogP) is 4.05. The summed E-state index contributed by atoms with van der Waals surface area (Å²) < 4.78 is 5.72. The highest BCUT2D eigenvalue weighted by Gasteiger charge is 2.08. The molecular weight excluding hydrogens is 312 g/mol. The molecule has 1 aromatic heterocycles. The molecule has 128 valence electrons. The summed E-state index contributed by atoms with van der Waals surface area (Å²) in [6.45, 7) is 0.888. The maximum absolute atomic E-state index is 9.22. The van der Waals surface area contributed by atoms with E-state index in [2.05, 4.69) is 22.0 Å². The van der Waals surface area contributed by atoms with E-state index in [0.29, 0.717) is 12.3 Å². The van der Waals surface area contributed by atoms with E-state index in [0.717, 1.165) is 29.1 Å². The standard InChI is InChI=1S/C21H22N2O2/c1-23(20-10-6-5-7-18(20)13-14-24)16-17-11-12-21(22-15-17)25-19-8-3-2-4-9-19/h2-12,15,24H,13-14,16H2,1H3. The second kappa shape index (κ2) is 8.31. The molecule has 0 aliphatic rings. The van der Waals surface area contributed by atoms with Crippen LogP contribution in [0.3, 0.4) is 0 Å². The van der Waals surface area contributed by atoms with Crippen LogP contribution in [0.4, 0.5) is 5.69 Å². The number of nitrogens with zero attached hydrogens (tertiary/aromatic N) is 2. The van der Waals surface area contributed by atoms with E-state index >= 15 is 0 Å². The van der Waals surface area contributed by atoms with E-state index in [-0.39, 0.29) is 6.61 Å². The Morgan fingerprint density at radius 2 is 1.72 bits per heavy atom. The summed E-state index contributed by atoms with van der Waals surface area (Å²) in [6.07, 6.45) is 2.49. The second-order valence-corrected chi connectivity index (χ2v) is 5.88. The van der Waals surface area contributed by atoms with Crippen molar-refractivity contribution in [2.45, 2.75) is 13.0 Å². The molecule has 0 bridgehead atoms. The van der Waals surface area contributed by atoms with Gasteiger partial charge in [-0.1, -0.05) is 42.5 Å². The lowest BCUT2D eigenvalue weighted by molar-refractivity contribution is 0.299. The summed E-state index contributed by atoms with van der Waals surface area (Å²) >= 11 is 0. The third-order valence-electron chi connectivity index (χ3n) is 3.97. The summed E-state index contributed by atoms with van der Waals surface area (Å²) in [7, 11) is 2.05. The summed E-state index contributed by atoms with van der Waals surface area (Å²) in [6, 6.07) is 21.7. The average molecular weight is 334 g/mol. The summed E-state index contributed by atoms with van der Waals surface area (Å²) in [5.41, 5.74) is 3.37. The molecule has 0 saturated heterocycles. The molecule has 0 saturated carbocycles. The molecule has 0 atom stereocenters. The van der Waals surface area contributed by atoms with E-state index in [4.69, 9.17) is 4.74 Å². The van der Waals surface area contributed by atoms with Crippen molar-refractivity contribution in [1.82, 2.24) is 4.98 Å². The van der Waals surface area contributed by atoms with Crippen LogP contribution in [0.5, 0.6) is 11.6 Å². The molecule has 0 aliphatic carbocycles. The van der Waals surface area contributed by atoms with Crippen molar-refractivity contribution < 1.29 is 9.84 Å².